The van der Waals surface area contributed by atoms with E-state index in [9.17, 15) is 4.79 Å². The SMILES string of the molecule is CCC(C)C(C)Nc1ccc(C(=O)O)c(N)c1. The van der Waals surface area contributed by atoms with E-state index in [1.807, 2.05) is 0 Å². The van der Waals surface area contributed by atoms with Gasteiger partial charge in [-0.2, -0.15) is 0 Å². The van der Waals surface area contributed by atoms with Gasteiger partial charge in [0.15, 0.2) is 0 Å². The van der Waals surface area contributed by atoms with Gasteiger partial charge in [0, 0.05) is 17.4 Å². The molecule has 2 atom stereocenters. The van der Waals surface area contributed by atoms with E-state index in [-0.39, 0.29) is 5.56 Å². The Bertz CT molecular complexity index is 404. The zero-order valence-electron chi connectivity index (χ0n) is 10.5. The summed E-state index contributed by atoms with van der Waals surface area (Å²) in [6, 6.07) is 5.28. The second kappa shape index (κ2) is 5.57. The molecule has 0 aromatic heterocycles. The van der Waals surface area contributed by atoms with Crippen molar-refractivity contribution in [1.29, 1.82) is 0 Å². The van der Waals surface area contributed by atoms with Crippen LogP contribution in [0.5, 0.6) is 0 Å². The summed E-state index contributed by atoms with van der Waals surface area (Å²) in [4.78, 5) is 10.8. The van der Waals surface area contributed by atoms with E-state index in [0.717, 1.165) is 12.1 Å². The van der Waals surface area contributed by atoms with Gasteiger partial charge in [0.25, 0.3) is 0 Å². The Morgan fingerprint density at radius 2 is 2.12 bits per heavy atom. The van der Waals surface area contributed by atoms with Crippen molar-refractivity contribution >= 4 is 17.3 Å². The molecule has 4 heteroatoms. The molecule has 0 radical (unpaired) electrons. The molecule has 0 heterocycles. The van der Waals surface area contributed by atoms with Gasteiger partial charge in [-0.15, -0.1) is 0 Å². The number of nitrogens with two attached hydrogens (primary N) is 1. The Morgan fingerprint density at radius 1 is 1.47 bits per heavy atom. The molecule has 0 saturated carbocycles. The zero-order chi connectivity index (χ0) is 13.0. The molecule has 1 aromatic rings. The summed E-state index contributed by atoms with van der Waals surface area (Å²) in [5.41, 5.74) is 6.98. The van der Waals surface area contributed by atoms with Crippen molar-refractivity contribution in [1.82, 2.24) is 0 Å². The predicted octanol–water partition coefficient (Wildman–Crippen LogP) is 2.81. The van der Waals surface area contributed by atoms with Crippen molar-refractivity contribution in [3.05, 3.63) is 23.8 Å². The van der Waals surface area contributed by atoms with Crippen LogP contribution in [0.4, 0.5) is 11.4 Å². The lowest BCUT2D eigenvalue weighted by Gasteiger charge is -2.21. The first-order valence-corrected chi connectivity index (χ1v) is 5.85. The highest BCUT2D eigenvalue weighted by Crippen LogP contribution is 2.20. The molecule has 94 valence electrons. The van der Waals surface area contributed by atoms with E-state index in [2.05, 4.69) is 26.1 Å². The number of hydrogen-bond donors (Lipinski definition) is 3. The monoisotopic (exact) mass is 236 g/mol. The van der Waals surface area contributed by atoms with Gasteiger partial charge in [0.2, 0.25) is 0 Å². The molecule has 17 heavy (non-hydrogen) atoms. The number of aromatic carboxylic acids is 1. The lowest BCUT2D eigenvalue weighted by molar-refractivity contribution is 0.0698. The Balaban J connectivity index is 2.81. The average molecular weight is 236 g/mol. The van der Waals surface area contributed by atoms with Crippen LogP contribution in [0.2, 0.25) is 0 Å². The van der Waals surface area contributed by atoms with Gasteiger partial charge in [-0.1, -0.05) is 20.3 Å². The number of rotatable bonds is 5. The van der Waals surface area contributed by atoms with Gasteiger partial charge >= 0.3 is 5.97 Å². The van der Waals surface area contributed by atoms with Gasteiger partial charge < -0.3 is 16.2 Å². The summed E-state index contributed by atoms with van der Waals surface area (Å²) in [5.74, 6) is -0.445. The number of carboxylic acids is 1. The minimum Gasteiger partial charge on any atom is -0.478 e. The molecule has 0 amide bonds. The van der Waals surface area contributed by atoms with Crippen LogP contribution in [0.3, 0.4) is 0 Å². The Labute approximate surface area is 102 Å². The van der Waals surface area contributed by atoms with Gasteiger partial charge in [-0.05, 0) is 31.0 Å². The van der Waals surface area contributed by atoms with Crippen LogP contribution in [0.15, 0.2) is 18.2 Å². The Morgan fingerprint density at radius 3 is 2.59 bits per heavy atom. The quantitative estimate of drug-likeness (QED) is 0.687. The number of carbonyl (C=O) groups is 1. The maximum atomic E-state index is 10.8. The Hall–Kier alpha value is -1.71. The molecule has 0 spiro atoms. The van der Waals surface area contributed by atoms with Crippen LogP contribution in [-0.2, 0) is 0 Å². The minimum absolute atomic E-state index is 0.145. The van der Waals surface area contributed by atoms with Crippen LogP contribution in [0.25, 0.3) is 0 Å². The largest absolute Gasteiger partial charge is 0.478 e. The summed E-state index contributed by atoms with van der Waals surface area (Å²) in [5, 5.41) is 12.2. The maximum absolute atomic E-state index is 10.8. The second-order valence-corrected chi connectivity index (χ2v) is 4.43. The molecule has 0 aliphatic heterocycles. The normalized spacial score (nSPS) is 14.1. The fourth-order valence-electron chi connectivity index (χ4n) is 1.61. The van der Waals surface area contributed by atoms with E-state index in [1.165, 1.54) is 6.07 Å². The highest BCUT2D eigenvalue weighted by atomic mass is 16.4. The molecular formula is C13H20N2O2. The van der Waals surface area contributed by atoms with Crippen LogP contribution in [-0.4, -0.2) is 17.1 Å². The van der Waals surface area contributed by atoms with Gasteiger partial charge in [0.1, 0.15) is 0 Å². The molecule has 0 bridgehead atoms. The first-order chi connectivity index (χ1) is 7.95. The van der Waals surface area contributed by atoms with Gasteiger partial charge in [0.05, 0.1) is 5.56 Å². The topological polar surface area (TPSA) is 75.3 Å². The zero-order valence-corrected chi connectivity index (χ0v) is 10.5. The maximum Gasteiger partial charge on any atom is 0.337 e. The fourth-order valence-corrected chi connectivity index (χ4v) is 1.61. The van der Waals surface area contributed by atoms with E-state index >= 15 is 0 Å². The predicted molar refractivity (Wildman–Crippen MR) is 70.4 cm³/mol. The van der Waals surface area contributed by atoms with Crippen molar-refractivity contribution in [3.8, 4) is 0 Å². The van der Waals surface area contributed by atoms with Crippen LogP contribution in [0, 0.1) is 5.92 Å². The molecule has 1 rings (SSSR count). The molecule has 0 fully saturated rings. The Kier molecular flexibility index (Phi) is 4.37. The highest BCUT2D eigenvalue weighted by molar-refractivity contribution is 5.94. The summed E-state index contributed by atoms with van der Waals surface area (Å²) >= 11 is 0. The summed E-state index contributed by atoms with van der Waals surface area (Å²) < 4.78 is 0. The van der Waals surface area contributed by atoms with E-state index in [0.29, 0.717) is 17.6 Å². The van der Waals surface area contributed by atoms with E-state index in [4.69, 9.17) is 10.8 Å². The first kappa shape index (κ1) is 13.4. The van der Waals surface area contributed by atoms with Crippen LogP contribution < -0.4 is 11.1 Å². The van der Waals surface area contributed by atoms with Gasteiger partial charge in [-0.3, -0.25) is 0 Å². The van der Waals surface area contributed by atoms with Crippen molar-refractivity contribution in [3.63, 3.8) is 0 Å². The average Bonchev–Trinajstić information content (AvgIpc) is 2.27. The summed E-state index contributed by atoms with van der Waals surface area (Å²) in [7, 11) is 0. The summed E-state index contributed by atoms with van der Waals surface area (Å²) in [6.07, 6.45) is 1.09. The van der Waals surface area contributed by atoms with Crippen molar-refractivity contribution in [2.75, 3.05) is 11.1 Å². The second-order valence-electron chi connectivity index (χ2n) is 4.43. The van der Waals surface area contributed by atoms with Crippen molar-refractivity contribution in [2.24, 2.45) is 5.92 Å². The summed E-state index contributed by atoms with van der Waals surface area (Å²) in [6.45, 7) is 6.42. The first-order valence-electron chi connectivity index (χ1n) is 5.85. The van der Waals surface area contributed by atoms with Crippen LogP contribution in [0.1, 0.15) is 37.6 Å². The third-order valence-corrected chi connectivity index (χ3v) is 3.17. The van der Waals surface area contributed by atoms with Gasteiger partial charge in [-0.25, -0.2) is 4.79 Å². The van der Waals surface area contributed by atoms with Crippen molar-refractivity contribution in [2.45, 2.75) is 33.2 Å². The smallest absolute Gasteiger partial charge is 0.337 e. The number of nitrogens with one attached hydrogen (secondary N) is 1. The number of anilines is 2. The molecular weight excluding hydrogens is 216 g/mol. The standard InChI is InChI=1S/C13H20N2O2/c1-4-8(2)9(3)15-10-5-6-11(13(16)17)12(14)7-10/h5-9,15H,4,14H2,1-3H3,(H,16,17). The number of hydrogen-bond acceptors (Lipinski definition) is 3. The van der Waals surface area contributed by atoms with E-state index < -0.39 is 5.97 Å². The number of benzene rings is 1. The van der Waals surface area contributed by atoms with Crippen LogP contribution >= 0.6 is 0 Å². The minimum atomic E-state index is -0.996. The molecule has 1 aromatic carbocycles. The van der Waals surface area contributed by atoms with Crippen molar-refractivity contribution < 1.29 is 9.90 Å². The lowest BCUT2D eigenvalue weighted by Crippen LogP contribution is -2.23. The number of carboxylic acid groups (broad SMARTS) is 1. The molecule has 0 aliphatic carbocycles. The molecule has 0 aliphatic rings. The number of nitrogen functional groups attached to an aromatic ring is 1. The molecule has 2 unspecified atom stereocenters. The highest BCUT2D eigenvalue weighted by Gasteiger charge is 2.12. The lowest BCUT2D eigenvalue weighted by atomic mass is 10.0. The molecule has 4 N–H and O–H groups in total. The molecule has 4 nitrogen and oxygen atoms in total. The molecule has 0 saturated heterocycles. The third-order valence-electron chi connectivity index (χ3n) is 3.17. The van der Waals surface area contributed by atoms with E-state index in [1.54, 1.807) is 12.1 Å². The fraction of sp³-hybridized carbons (Fsp3) is 0.462. The third kappa shape index (κ3) is 3.37.